The molecule has 4 heteroatoms. The van der Waals surface area contributed by atoms with Crippen LogP contribution in [0.2, 0.25) is 0 Å². The minimum atomic E-state index is 0.435. The third kappa shape index (κ3) is 3.52. The van der Waals surface area contributed by atoms with Crippen molar-refractivity contribution in [2.75, 3.05) is 13.2 Å². The zero-order valence-corrected chi connectivity index (χ0v) is 12.5. The van der Waals surface area contributed by atoms with Crippen molar-refractivity contribution in [3.63, 3.8) is 0 Å². The highest BCUT2D eigenvalue weighted by Gasteiger charge is 2.25. The molecule has 1 saturated heterocycles. The van der Waals surface area contributed by atoms with Gasteiger partial charge in [-0.25, -0.2) is 4.68 Å². The average Bonchev–Trinajstić information content (AvgIpc) is 3.17. The van der Waals surface area contributed by atoms with Crippen molar-refractivity contribution in [3.05, 3.63) is 48.3 Å². The van der Waals surface area contributed by atoms with E-state index in [1.54, 1.807) is 0 Å². The Morgan fingerprint density at radius 1 is 1.33 bits per heavy atom. The van der Waals surface area contributed by atoms with E-state index in [1.165, 1.54) is 12.0 Å². The van der Waals surface area contributed by atoms with Crippen LogP contribution in [0, 0.1) is 5.92 Å². The molecule has 0 amide bonds. The van der Waals surface area contributed by atoms with Gasteiger partial charge >= 0.3 is 0 Å². The van der Waals surface area contributed by atoms with Crippen LogP contribution in [0.3, 0.4) is 0 Å². The summed E-state index contributed by atoms with van der Waals surface area (Å²) in [4.78, 5) is 0. The van der Waals surface area contributed by atoms with Gasteiger partial charge in [0.25, 0.3) is 0 Å². The second-order valence-electron chi connectivity index (χ2n) is 5.63. The van der Waals surface area contributed by atoms with Crippen molar-refractivity contribution in [3.8, 4) is 5.69 Å². The van der Waals surface area contributed by atoms with Gasteiger partial charge in [-0.3, -0.25) is 0 Å². The van der Waals surface area contributed by atoms with E-state index in [9.17, 15) is 0 Å². The third-order valence-electron chi connectivity index (χ3n) is 4.14. The van der Waals surface area contributed by atoms with Gasteiger partial charge in [0, 0.05) is 31.5 Å². The number of benzene rings is 1. The lowest BCUT2D eigenvalue weighted by atomic mass is 10.00. The molecule has 2 atom stereocenters. The van der Waals surface area contributed by atoms with E-state index in [0.717, 1.165) is 31.8 Å². The highest BCUT2D eigenvalue weighted by molar-refractivity contribution is 5.30. The average molecular weight is 285 g/mol. The molecular formula is C17H23N3O. The molecule has 1 aliphatic rings. The van der Waals surface area contributed by atoms with Crippen LogP contribution >= 0.6 is 0 Å². The molecule has 0 bridgehead atoms. The molecule has 3 rings (SSSR count). The van der Waals surface area contributed by atoms with E-state index in [0.29, 0.717) is 12.0 Å². The zero-order chi connectivity index (χ0) is 14.5. The first-order chi connectivity index (χ1) is 10.4. The summed E-state index contributed by atoms with van der Waals surface area (Å²) < 4.78 is 7.64. The zero-order valence-electron chi connectivity index (χ0n) is 12.5. The van der Waals surface area contributed by atoms with Crippen LogP contribution in [0.5, 0.6) is 0 Å². The molecule has 2 unspecified atom stereocenters. The van der Waals surface area contributed by atoms with Crippen molar-refractivity contribution in [1.82, 2.24) is 15.1 Å². The Bertz CT molecular complexity index is 552. The first-order valence-electron chi connectivity index (χ1n) is 7.78. The first kappa shape index (κ1) is 14.3. The smallest absolute Gasteiger partial charge is 0.0645 e. The molecule has 21 heavy (non-hydrogen) atoms. The van der Waals surface area contributed by atoms with Crippen molar-refractivity contribution in [2.45, 2.75) is 32.4 Å². The minimum Gasteiger partial charge on any atom is -0.378 e. The van der Waals surface area contributed by atoms with Gasteiger partial charge in [0.2, 0.25) is 0 Å². The Hall–Kier alpha value is -1.65. The summed E-state index contributed by atoms with van der Waals surface area (Å²) in [6.07, 6.45) is 6.74. The van der Waals surface area contributed by atoms with Crippen molar-refractivity contribution in [1.29, 1.82) is 0 Å². The van der Waals surface area contributed by atoms with Gasteiger partial charge in [0.05, 0.1) is 18.0 Å². The Labute approximate surface area is 126 Å². The van der Waals surface area contributed by atoms with Gasteiger partial charge in [-0.05, 0) is 30.9 Å². The molecule has 1 aromatic carbocycles. The van der Waals surface area contributed by atoms with Crippen molar-refractivity contribution < 1.29 is 4.74 Å². The van der Waals surface area contributed by atoms with Crippen LogP contribution in [0.1, 0.15) is 25.3 Å². The van der Waals surface area contributed by atoms with E-state index in [4.69, 9.17) is 4.74 Å². The summed E-state index contributed by atoms with van der Waals surface area (Å²) in [5.41, 5.74) is 2.31. The predicted octanol–water partition coefficient (Wildman–Crippen LogP) is 2.78. The predicted molar refractivity (Wildman–Crippen MR) is 83.4 cm³/mol. The third-order valence-corrected chi connectivity index (χ3v) is 4.14. The maximum atomic E-state index is 5.72. The fourth-order valence-corrected chi connectivity index (χ4v) is 2.95. The molecule has 1 aromatic heterocycles. The van der Waals surface area contributed by atoms with Gasteiger partial charge in [0.15, 0.2) is 0 Å². The number of nitrogens with zero attached hydrogens (tertiary/aromatic N) is 2. The minimum absolute atomic E-state index is 0.435. The fourth-order valence-electron chi connectivity index (χ4n) is 2.95. The molecule has 1 fully saturated rings. The molecule has 0 saturated carbocycles. The van der Waals surface area contributed by atoms with Gasteiger partial charge in [-0.2, -0.15) is 5.10 Å². The van der Waals surface area contributed by atoms with Crippen molar-refractivity contribution in [2.24, 2.45) is 5.92 Å². The number of aromatic nitrogens is 2. The van der Waals surface area contributed by atoms with Crippen LogP contribution < -0.4 is 5.32 Å². The van der Waals surface area contributed by atoms with E-state index in [-0.39, 0.29) is 0 Å². The Morgan fingerprint density at radius 2 is 2.19 bits per heavy atom. The Kier molecular flexibility index (Phi) is 4.68. The maximum absolute atomic E-state index is 5.72. The maximum Gasteiger partial charge on any atom is 0.0645 e. The van der Waals surface area contributed by atoms with Crippen LogP contribution in [0.4, 0.5) is 0 Å². The SMILES string of the molecule is CCC1OCCC1CNCc1cnn(-c2ccccc2)c1. The van der Waals surface area contributed by atoms with Crippen LogP contribution in [0.15, 0.2) is 42.7 Å². The largest absolute Gasteiger partial charge is 0.378 e. The van der Waals surface area contributed by atoms with Gasteiger partial charge in [-0.1, -0.05) is 25.1 Å². The highest BCUT2D eigenvalue weighted by atomic mass is 16.5. The molecule has 0 aliphatic carbocycles. The number of ether oxygens (including phenoxy) is 1. The lowest BCUT2D eigenvalue weighted by Gasteiger charge is -2.16. The normalized spacial score (nSPS) is 21.8. The molecule has 2 aromatic rings. The van der Waals surface area contributed by atoms with Crippen molar-refractivity contribution >= 4 is 0 Å². The molecule has 112 valence electrons. The number of nitrogens with one attached hydrogen (secondary N) is 1. The van der Waals surface area contributed by atoms with Gasteiger partial charge in [0.1, 0.15) is 0 Å². The summed E-state index contributed by atoms with van der Waals surface area (Å²) in [6.45, 7) is 5.00. The lowest BCUT2D eigenvalue weighted by Crippen LogP contribution is -2.27. The Balaban J connectivity index is 1.51. The van der Waals surface area contributed by atoms with E-state index in [2.05, 4.69) is 35.7 Å². The summed E-state index contributed by atoms with van der Waals surface area (Å²) in [5.74, 6) is 0.652. The van der Waals surface area contributed by atoms with Gasteiger partial charge in [-0.15, -0.1) is 0 Å². The Morgan fingerprint density at radius 3 is 3.00 bits per heavy atom. The summed E-state index contributed by atoms with van der Waals surface area (Å²) >= 11 is 0. The molecule has 0 radical (unpaired) electrons. The molecular weight excluding hydrogens is 262 g/mol. The summed E-state index contributed by atoms with van der Waals surface area (Å²) in [5, 5.41) is 7.96. The number of hydrogen-bond acceptors (Lipinski definition) is 3. The topological polar surface area (TPSA) is 39.1 Å². The number of hydrogen-bond donors (Lipinski definition) is 1. The quantitative estimate of drug-likeness (QED) is 0.887. The molecule has 4 nitrogen and oxygen atoms in total. The summed E-state index contributed by atoms with van der Waals surface area (Å²) in [6, 6.07) is 10.2. The standard InChI is InChI=1S/C17H23N3O/c1-2-17-15(8-9-21-17)12-18-10-14-11-19-20(13-14)16-6-4-3-5-7-16/h3-7,11,13,15,17-18H,2,8-10,12H2,1H3. The lowest BCUT2D eigenvalue weighted by molar-refractivity contribution is 0.0872. The number of para-hydroxylation sites is 1. The first-order valence-corrected chi connectivity index (χ1v) is 7.78. The number of rotatable bonds is 6. The molecule has 1 N–H and O–H groups in total. The molecule has 0 spiro atoms. The van der Waals surface area contributed by atoms with E-state index >= 15 is 0 Å². The molecule has 2 heterocycles. The highest BCUT2D eigenvalue weighted by Crippen LogP contribution is 2.22. The van der Waals surface area contributed by atoms with Crippen LogP contribution in [-0.4, -0.2) is 29.0 Å². The van der Waals surface area contributed by atoms with Gasteiger partial charge < -0.3 is 10.1 Å². The second kappa shape index (κ2) is 6.87. The molecule has 1 aliphatic heterocycles. The van der Waals surface area contributed by atoms with E-state index < -0.39 is 0 Å². The monoisotopic (exact) mass is 285 g/mol. The summed E-state index contributed by atoms with van der Waals surface area (Å²) in [7, 11) is 0. The van der Waals surface area contributed by atoms with Crippen LogP contribution in [0.25, 0.3) is 5.69 Å². The van der Waals surface area contributed by atoms with Crippen LogP contribution in [-0.2, 0) is 11.3 Å². The van der Waals surface area contributed by atoms with E-state index in [1.807, 2.05) is 29.1 Å². The fraction of sp³-hybridized carbons (Fsp3) is 0.471. The second-order valence-corrected chi connectivity index (χ2v) is 5.63.